The normalized spacial score (nSPS) is 15.1. The second-order valence-electron chi connectivity index (χ2n) is 19.0. The third-order valence-corrected chi connectivity index (χ3v) is 12.5. The van der Waals surface area contributed by atoms with Gasteiger partial charge < -0.3 is 43.5 Å². The summed E-state index contributed by atoms with van der Waals surface area (Å²) >= 11 is 0. The van der Waals surface area contributed by atoms with Crippen LogP contribution >= 0.6 is 0 Å². The lowest BCUT2D eigenvalue weighted by Gasteiger charge is -2.09. The van der Waals surface area contributed by atoms with Crippen molar-refractivity contribution in [3.63, 3.8) is 0 Å². The molecule has 0 fully saturated rings. The van der Waals surface area contributed by atoms with Crippen LogP contribution in [0.3, 0.4) is 0 Å². The summed E-state index contributed by atoms with van der Waals surface area (Å²) < 4.78 is 112. The Balaban J connectivity index is 0.000000329. The van der Waals surface area contributed by atoms with Gasteiger partial charge >= 0.3 is 22.8 Å². The van der Waals surface area contributed by atoms with E-state index in [1.54, 1.807) is 6.92 Å². The predicted octanol–water partition coefficient (Wildman–Crippen LogP) is 0.782. The molecule has 1 unspecified atom stereocenters. The molecule has 0 aliphatic heterocycles. The number of carbonyl (C=O) groups is 1. The number of rotatable bonds is 21. The van der Waals surface area contributed by atoms with Gasteiger partial charge in [0, 0.05) is 107 Å². The van der Waals surface area contributed by atoms with Crippen molar-refractivity contribution in [2.24, 2.45) is 56.4 Å². The van der Waals surface area contributed by atoms with E-state index < -0.39 is 94.6 Å². The molecule has 8 heterocycles. The fourth-order valence-corrected chi connectivity index (χ4v) is 8.27. The molecule has 84 heavy (non-hydrogen) atoms. The average Bonchev–Trinajstić information content (AvgIpc) is 1.67. The van der Waals surface area contributed by atoms with Crippen molar-refractivity contribution in [2.45, 2.75) is 163 Å². The lowest BCUT2D eigenvalue weighted by atomic mass is 10.2. The van der Waals surface area contributed by atoms with Crippen LogP contribution in [0.2, 0.25) is 0 Å². The molecule has 0 saturated carbocycles. The van der Waals surface area contributed by atoms with E-state index in [2.05, 4.69) is 25.0 Å². The van der Waals surface area contributed by atoms with Crippen molar-refractivity contribution in [1.29, 1.82) is 1.43 Å². The Bertz CT molecular complexity index is 4300. The number of ketones is 1. The molecule has 0 bridgehead atoms. The minimum absolute atomic E-state index is 0. The minimum atomic E-state index is -1.97. The van der Waals surface area contributed by atoms with Gasteiger partial charge in [-0.2, -0.15) is 0 Å². The Morgan fingerprint density at radius 2 is 0.679 bits per heavy atom. The average molecular weight is 1190 g/mol. The molecule has 0 aromatic carbocycles. The summed E-state index contributed by atoms with van der Waals surface area (Å²) in [4.78, 5) is 126. The second-order valence-corrected chi connectivity index (χ2v) is 19.0. The molecule has 0 spiro atoms. The van der Waals surface area contributed by atoms with Crippen molar-refractivity contribution in [1.82, 2.24) is 74.7 Å². The van der Waals surface area contributed by atoms with Gasteiger partial charge in [0.25, 0.3) is 22.2 Å². The van der Waals surface area contributed by atoms with E-state index >= 15 is 0 Å². The Hall–Kier alpha value is -7.89. The van der Waals surface area contributed by atoms with Gasteiger partial charge in [0.05, 0.1) is 43.5 Å². The summed E-state index contributed by atoms with van der Waals surface area (Å²) in [6, 6.07) is 0. The molecule has 8 aromatic rings. The van der Waals surface area contributed by atoms with Crippen LogP contribution in [-0.4, -0.2) is 127 Å². The molecular formula is C55H88N16O13. The van der Waals surface area contributed by atoms with Gasteiger partial charge in [0.15, 0.2) is 44.7 Å². The van der Waals surface area contributed by atoms with E-state index in [1.807, 2.05) is 0 Å². The number of aromatic nitrogens is 16. The first kappa shape index (κ1) is 51.7. The number of nitrogens with zero attached hydrogens (tertiary/aromatic N) is 16. The molecule has 0 amide bonds. The molecule has 0 radical (unpaired) electrons. The Morgan fingerprint density at radius 1 is 0.464 bits per heavy atom. The molecule has 8 rings (SSSR count). The third kappa shape index (κ3) is 17.1. The molecule has 466 valence electrons. The van der Waals surface area contributed by atoms with Gasteiger partial charge in [0.1, 0.15) is 11.3 Å². The van der Waals surface area contributed by atoms with Crippen molar-refractivity contribution in [2.75, 3.05) is 6.61 Å². The first-order valence-corrected chi connectivity index (χ1v) is 26.4. The standard InChI is InChI=1S/3C13H20N4O3.C13H18N4O3.C2H6O.CH4/c4*1-9(18)6-4-5-7-17-12(19)10-11(14-8-15(10)2)16(3)13(17)20;1-2-3;/h3*8-9,18H,4-7H2,1-3H3;8H,4-7H2,1-3H3;3H,2H2,1H3;1H4/t2*9-;;;;/m10..../s1/i4*6D2,8D;3D;. The first-order chi connectivity index (χ1) is 44.2. The van der Waals surface area contributed by atoms with Gasteiger partial charge in [-0.3, -0.25) is 55.7 Å². The quantitative estimate of drug-likeness (QED) is 0.0772. The molecule has 8 aromatic heterocycles. The number of carbonyl (C=O) groups excluding carboxylic acids is 1. The highest BCUT2D eigenvalue weighted by molar-refractivity contribution is 5.75. The van der Waals surface area contributed by atoms with E-state index in [-0.39, 0.29) is 155 Å². The zero-order chi connectivity index (χ0) is 73.5. The number of fused-ring (bicyclic) bond motifs is 4. The van der Waals surface area contributed by atoms with Crippen LogP contribution in [0.25, 0.3) is 44.7 Å². The second kappa shape index (κ2) is 32.2. The van der Waals surface area contributed by atoms with E-state index in [9.17, 15) is 58.5 Å². The number of hydrogen-bond donors (Lipinski definition) is 4. The molecule has 0 aliphatic rings. The van der Waals surface area contributed by atoms with E-state index in [0.29, 0.717) is 6.61 Å². The van der Waals surface area contributed by atoms with Crippen LogP contribution in [0.1, 0.15) is 135 Å². The van der Waals surface area contributed by atoms with Crippen molar-refractivity contribution < 1.29 is 41.7 Å². The molecule has 0 aliphatic carbocycles. The fourth-order valence-electron chi connectivity index (χ4n) is 8.27. The van der Waals surface area contributed by atoms with Gasteiger partial charge in [-0.15, -0.1) is 0 Å². The maximum Gasteiger partial charge on any atom is 0.332 e. The zero-order valence-electron chi connectivity index (χ0n) is 62.0. The van der Waals surface area contributed by atoms with Crippen LogP contribution in [0.5, 0.6) is 0 Å². The van der Waals surface area contributed by atoms with Crippen LogP contribution in [-0.2, 0) is 87.4 Å². The summed E-state index contributed by atoms with van der Waals surface area (Å²) in [7, 11) is 12.0. The molecule has 29 nitrogen and oxygen atoms in total. The molecular weight excluding hydrogens is 1090 g/mol. The number of aryl methyl sites for hydroxylation is 8. The van der Waals surface area contributed by atoms with Gasteiger partial charge in [-0.1, -0.05) is 7.43 Å². The summed E-state index contributed by atoms with van der Waals surface area (Å²) in [6.45, 7) is 7.61. The minimum Gasteiger partial charge on any atom is -0.397 e. The molecule has 3 atom stereocenters. The number of aliphatic hydroxyl groups is 4. The lowest BCUT2D eigenvalue weighted by Crippen LogP contribution is -2.39. The topological polar surface area (TPSA) is 345 Å². The SMILES string of the molecule is C.[2H]OCC.[2H]c1nc2c(c(=O)n(CCCC([2H])([2H])C(C)=O)c(=O)n2C)n1C.[2H]c1nc2c(c(=O)n(CCCC([2H])([2H])C(C)O)c(=O)n2C)n1C.[2H]c1nc2c(c(=O)n(CCCC([2H])([2H])[C@@H](C)O)c(=O)n2C)n1C.[2H]c1nc2c(c(=O)n(CCCC([2H])([2H])[C@H](C)O)c(=O)n2C)n1C. The number of aliphatic hydroxyl groups excluding tert-OH is 4. The Kier molecular flexibility index (Phi) is 19.9. The summed E-state index contributed by atoms with van der Waals surface area (Å²) in [5.74, 6) is -0.585. The van der Waals surface area contributed by atoms with Crippen LogP contribution in [0, 0.1) is 0 Å². The summed E-state index contributed by atoms with van der Waals surface area (Å²) in [6.07, 6.45) is -10.3. The predicted molar refractivity (Wildman–Crippen MR) is 321 cm³/mol. The van der Waals surface area contributed by atoms with Crippen LogP contribution < -0.4 is 45.0 Å². The highest BCUT2D eigenvalue weighted by atomic mass is 16.3. The van der Waals surface area contributed by atoms with E-state index in [1.165, 1.54) is 121 Å². The largest absolute Gasteiger partial charge is 0.397 e. The zero-order valence-corrected chi connectivity index (χ0v) is 49.0. The van der Waals surface area contributed by atoms with E-state index in [0.717, 1.165) is 18.3 Å². The smallest absolute Gasteiger partial charge is 0.332 e. The fraction of sp³-hybridized carbons (Fsp3) is 0.618. The highest BCUT2D eigenvalue weighted by Gasteiger charge is 2.18. The van der Waals surface area contributed by atoms with Gasteiger partial charge in [-0.25, -0.2) is 39.1 Å². The maximum absolute atomic E-state index is 12.5. The van der Waals surface area contributed by atoms with Gasteiger partial charge in [0.2, 0.25) is 1.43 Å². The summed E-state index contributed by atoms with van der Waals surface area (Å²) in [5.41, 5.74) is -3.22. The monoisotopic (exact) mass is 1190 g/mol. The third-order valence-electron chi connectivity index (χ3n) is 12.5. The van der Waals surface area contributed by atoms with Crippen molar-refractivity contribution in [3.8, 4) is 0 Å². The number of hydrogen-bond acceptors (Lipinski definition) is 17. The maximum atomic E-state index is 12.5. The highest BCUT2D eigenvalue weighted by Crippen LogP contribution is 2.09. The van der Waals surface area contributed by atoms with Crippen molar-refractivity contribution in [3.05, 3.63) is 109 Å². The molecule has 0 saturated heterocycles. The van der Waals surface area contributed by atoms with Gasteiger partial charge in [-0.05, 0) is 105 Å². The van der Waals surface area contributed by atoms with Crippen LogP contribution in [0.4, 0.5) is 0 Å². The lowest BCUT2D eigenvalue weighted by molar-refractivity contribution is -0.117. The first-order valence-electron chi connectivity index (χ1n) is 32.8. The Morgan fingerprint density at radius 3 is 0.869 bits per heavy atom. The van der Waals surface area contributed by atoms with Crippen molar-refractivity contribution >= 4 is 50.4 Å². The van der Waals surface area contributed by atoms with E-state index in [4.69, 9.17) is 17.9 Å². The number of Topliss-reactive ketones (excluding diaryl/α,β-unsaturated/α-hetero) is 1. The Labute approximate surface area is 502 Å². The molecule has 4 N–H and O–H groups in total. The summed E-state index contributed by atoms with van der Waals surface area (Å²) in [5, 5.41) is 31.9. The molecule has 29 heteroatoms. The van der Waals surface area contributed by atoms with Crippen LogP contribution in [0.15, 0.2) is 63.6 Å². The number of imidazole rings is 4.